The molecule has 5 aromatic heterocycles. The summed E-state index contributed by atoms with van der Waals surface area (Å²) in [6, 6.07) is 124. The van der Waals surface area contributed by atoms with Gasteiger partial charge in [0.25, 0.3) is 0 Å². The van der Waals surface area contributed by atoms with Gasteiger partial charge in [-0.1, -0.05) is 218 Å². The lowest BCUT2D eigenvalue weighted by Crippen LogP contribution is -1.98. The maximum atomic E-state index is 5.56. The van der Waals surface area contributed by atoms with Gasteiger partial charge in [-0.3, -0.25) is 0 Å². The molecule has 0 fully saturated rings. The van der Waals surface area contributed by atoms with Crippen LogP contribution in [0, 0.1) is 0 Å². The lowest BCUT2D eigenvalue weighted by molar-refractivity contribution is 1.17. The van der Waals surface area contributed by atoms with Crippen LogP contribution in [0.25, 0.3) is 199 Å². The number of para-hydroxylation sites is 6. The monoisotopic (exact) mass is 1240 g/mol. The van der Waals surface area contributed by atoms with Crippen molar-refractivity contribution in [1.82, 2.24) is 28.2 Å². The van der Waals surface area contributed by atoms with Gasteiger partial charge >= 0.3 is 0 Å². The highest BCUT2D eigenvalue weighted by Crippen LogP contribution is 2.51. The van der Waals surface area contributed by atoms with E-state index in [9.17, 15) is 0 Å². The second-order valence-electron chi connectivity index (χ2n) is 26.0. The Labute approximate surface area is 563 Å². The normalized spacial score (nSPS) is 12.1. The maximum Gasteiger partial charge on any atom is 0.160 e. The van der Waals surface area contributed by atoms with Crippen molar-refractivity contribution in [2.24, 2.45) is 0 Å². The fraction of sp³-hybridized carbons (Fsp3) is 0. The third kappa shape index (κ3) is 8.15. The van der Waals surface area contributed by atoms with Gasteiger partial charge in [0.15, 0.2) is 5.82 Å². The minimum absolute atomic E-state index is 0.694. The Morgan fingerprint density at radius 1 is 0.194 bits per heavy atom. The molecule has 0 radical (unpaired) electrons. The molecule has 98 heavy (non-hydrogen) atoms. The van der Waals surface area contributed by atoms with E-state index in [2.05, 4.69) is 358 Å². The third-order valence-electron chi connectivity index (χ3n) is 20.7. The maximum absolute atomic E-state index is 5.56. The summed E-state index contributed by atoms with van der Waals surface area (Å²) in [4.78, 5) is 11.0. The van der Waals surface area contributed by atoms with Crippen LogP contribution in [-0.2, 0) is 0 Å². The van der Waals surface area contributed by atoms with Gasteiger partial charge in [-0.2, -0.15) is 0 Å². The molecule has 0 N–H and O–H groups in total. The molecule has 6 nitrogen and oxygen atoms in total. The molecule has 1 aliphatic rings. The summed E-state index contributed by atoms with van der Waals surface area (Å²) in [5.41, 5.74) is 28.3. The predicted octanol–water partition coefficient (Wildman–Crippen LogP) is 24.0. The van der Waals surface area contributed by atoms with E-state index in [-0.39, 0.29) is 0 Å². The first-order chi connectivity index (χ1) is 48.6. The fourth-order valence-corrected chi connectivity index (χ4v) is 16.3. The van der Waals surface area contributed by atoms with Crippen LogP contribution in [0.5, 0.6) is 0 Å². The second kappa shape index (κ2) is 21.2. The van der Waals surface area contributed by atoms with Crippen LogP contribution in [0.1, 0.15) is 0 Å². The minimum Gasteiger partial charge on any atom is -0.309 e. The van der Waals surface area contributed by atoms with E-state index < -0.39 is 0 Å². The molecule has 0 amide bonds. The van der Waals surface area contributed by atoms with Gasteiger partial charge < -0.3 is 18.3 Å². The number of aromatic nitrogens is 6. The molecule has 454 valence electrons. The van der Waals surface area contributed by atoms with E-state index in [1.807, 2.05) is 0 Å². The zero-order valence-electron chi connectivity index (χ0n) is 53.0. The molecule has 15 aromatic carbocycles. The molecule has 20 aromatic rings. The molecular weight excluding hydrogens is 1190 g/mol. The van der Waals surface area contributed by atoms with Crippen molar-refractivity contribution in [2.45, 2.75) is 0 Å². The largest absolute Gasteiger partial charge is 0.309 e. The Hall–Kier alpha value is -13.2. The van der Waals surface area contributed by atoms with Crippen molar-refractivity contribution in [1.29, 1.82) is 0 Å². The van der Waals surface area contributed by atoms with E-state index in [1.54, 1.807) is 0 Å². The van der Waals surface area contributed by atoms with Gasteiger partial charge in [0.05, 0.1) is 55.5 Å². The quantitative estimate of drug-likeness (QED) is 0.145. The molecule has 1 aliphatic carbocycles. The second-order valence-corrected chi connectivity index (χ2v) is 26.0. The molecular formula is C92H56N6. The average molecular weight is 1250 g/mol. The van der Waals surface area contributed by atoms with Crippen LogP contribution >= 0.6 is 0 Å². The van der Waals surface area contributed by atoms with E-state index in [0.717, 1.165) is 78.6 Å². The van der Waals surface area contributed by atoms with E-state index in [1.165, 1.54) is 115 Å². The summed E-state index contributed by atoms with van der Waals surface area (Å²) < 4.78 is 9.57. The highest BCUT2D eigenvalue weighted by molar-refractivity contribution is 6.18. The Balaban J connectivity index is 0.608. The summed E-state index contributed by atoms with van der Waals surface area (Å²) in [7, 11) is 0. The lowest BCUT2D eigenvalue weighted by Gasteiger charge is -2.14. The summed E-state index contributed by atoms with van der Waals surface area (Å²) in [5, 5.41) is 12.3. The van der Waals surface area contributed by atoms with E-state index in [0.29, 0.717) is 5.82 Å². The van der Waals surface area contributed by atoms with Crippen LogP contribution < -0.4 is 0 Å². The number of fused-ring (bicyclic) bond motifs is 15. The minimum atomic E-state index is 0.694. The molecule has 0 saturated heterocycles. The predicted molar refractivity (Wildman–Crippen MR) is 409 cm³/mol. The molecule has 0 saturated carbocycles. The molecule has 0 bridgehead atoms. The molecule has 0 unspecified atom stereocenters. The lowest BCUT2D eigenvalue weighted by atomic mass is 9.99. The molecule has 21 rings (SSSR count). The van der Waals surface area contributed by atoms with Crippen molar-refractivity contribution < 1.29 is 0 Å². The highest BCUT2D eigenvalue weighted by Gasteiger charge is 2.29. The number of nitrogens with zero attached hydrogens (tertiary/aromatic N) is 6. The Bertz CT molecular complexity index is 6680. The Kier molecular flexibility index (Phi) is 11.7. The number of hydrogen-bond donors (Lipinski definition) is 0. The topological polar surface area (TPSA) is 45.5 Å². The molecule has 0 atom stereocenters. The van der Waals surface area contributed by atoms with Crippen LogP contribution in [0.15, 0.2) is 340 Å². The van der Waals surface area contributed by atoms with Crippen molar-refractivity contribution in [3.63, 3.8) is 0 Å². The fourth-order valence-electron chi connectivity index (χ4n) is 16.3. The third-order valence-corrected chi connectivity index (χ3v) is 20.7. The van der Waals surface area contributed by atoms with E-state index in [4.69, 9.17) is 9.97 Å². The van der Waals surface area contributed by atoms with E-state index >= 15 is 0 Å². The van der Waals surface area contributed by atoms with Crippen molar-refractivity contribution >= 4 is 98.0 Å². The Morgan fingerprint density at radius 2 is 0.500 bits per heavy atom. The van der Waals surface area contributed by atoms with Crippen LogP contribution in [0.3, 0.4) is 0 Å². The molecule has 5 heterocycles. The van der Waals surface area contributed by atoms with Crippen LogP contribution in [-0.4, -0.2) is 28.2 Å². The van der Waals surface area contributed by atoms with Gasteiger partial charge in [0, 0.05) is 88.1 Å². The number of rotatable bonds is 9. The SMILES string of the molecule is c1ccc(-n2c3ccccc3c3cc(-c4ccc5c(c4)c4ccccc4n5-c4ccc(-c5ccc(-c6nc(-c7ccc(-n8c9ccccc9c9cc(-c%10ccc%11c(c%10)c%10ccccc%10n%11-c%10ccccc%10)ccc98)cc7)c7c(n6)-c6cccc8cccc-7c68)cc5)cc4)ccc32)cc1. The first-order valence-electron chi connectivity index (χ1n) is 33.6. The number of benzene rings is 15. The van der Waals surface area contributed by atoms with Crippen molar-refractivity contribution in [3.8, 4) is 101 Å². The summed E-state index contributed by atoms with van der Waals surface area (Å²) >= 11 is 0. The first-order valence-corrected chi connectivity index (χ1v) is 33.6. The molecule has 0 aliphatic heterocycles. The highest BCUT2D eigenvalue weighted by atomic mass is 15.0. The Morgan fingerprint density at radius 3 is 0.908 bits per heavy atom. The zero-order chi connectivity index (χ0) is 64.1. The summed E-state index contributed by atoms with van der Waals surface area (Å²) in [6.07, 6.45) is 0. The van der Waals surface area contributed by atoms with Crippen molar-refractivity contribution in [2.75, 3.05) is 0 Å². The summed E-state index contributed by atoms with van der Waals surface area (Å²) in [5.74, 6) is 0.694. The first kappa shape index (κ1) is 54.3. The number of hydrogen-bond acceptors (Lipinski definition) is 2. The zero-order valence-corrected chi connectivity index (χ0v) is 53.0. The van der Waals surface area contributed by atoms with Gasteiger partial charge in [-0.15, -0.1) is 0 Å². The van der Waals surface area contributed by atoms with Gasteiger partial charge in [0.1, 0.15) is 0 Å². The average Bonchev–Trinajstić information content (AvgIpc) is 1.57. The van der Waals surface area contributed by atoms with Gasteiger partial charge in [-0.25, -0.2) is 9.97 Å². The standard InChI is InChI=1S/C92H56N6/c1-3-19-66(20-4-1)95-80-29-11-7-23-70(80)76-53-62(41-49-84(76)95)64-43-51-86-78(55-64)72-25-9-13-31-82(72)97(86)68-45-37-58(38-46-68)57-33-35-61(36-34-57)92-93-90(89-74-27-15-17-59-18-16-28-75(88(59)74)91(89)94-92)60-39-47-69(48-40-60)98-83-32-14-10-26-73(83)79-56-65(44-52-87(79)98)63-42-50-85-77(54-63)71-24-8-12-30-81(71)96(85)67-21-5-2-6-22-67/h1-56H. The smallest absolute Gasteiger partial charge is 0.160 e. The van der Waals surface area contributed by atoms with Crippen molar-refractivity contribution in [3.05, 3.63) is 340 Å². The molecule has 6 heteroatoms. The molecule has 0 spiro atoms. The van der Waals surface area contributed by atoms with Gasteiger partial charge in [-0.05, 0) is 171 Å². The van der Waals surface area contributed by atoms with Crippen LogP contribution in [0.4, 0.5) is 0 Å². The summed E-state index contributed by atoms with van der Waals surface area (Å²) in [6.45, 7) is 0. The van der Waals surface area contributed by atoms with Gasteiger partial charge in [0.2, 0.25) is 0 Å². The van der Waals surface area contributed by atoms with Crippen LogP contribution in [0.2, 0.25) is 0 Å².